The molecule has 0 saturated heterocycles. The van der Waals surface area contributed by atoms with Crippen LogP contribution in [0.15, 0.2) is 40.9 Å². The number of nitrogens with zero attached hydrogens (tertiary/aromatic N) is 1. The molecule has 0 bridgehead atoms. The molecule has 1 aliphatic rings. The lowest BCUT2D eigenvalue weighted by molar-refractivity contribution is -0.136. The molecule has 1 heterocycles. The second-order valence-electron chi connectivity index (χ2n) is 7.89. The summed E-state index contributed by atoms with van der Waals surface area (Å²) in [6.07, 6.45) is 6.82. The molecular weight excluding hydrogens is 382 g/mol. The Morgan fingerprint density at radius 2 is 1.90 bits per heavy atom. The van der Waals surface area contributed by atoms with Crippen LogP contribution in [0.25, 0.3) is 11.3 Å². The van der Waals surface area contributed by atoms with Crippen LogP contribution in [0.3, 0.4) is 0 Å². The minimum absolute atomic E-state index is 0.261. The molecule has 1 fully saturated rings. The predicted octanol–water partition coefficient (Wildman–Crippen LogP) is 3.69. The average molecular weight is 412 g/mol. The van der Waals surface area contributed by atoms with Crippen LogP contribution in [0.2, 0.25) is 0 Å². The normalized spacial score (nSPS) is 15.4. The minimum atomic E-state index is -1.10. The maximum atomic E-state index is 12.7. The Morgan fingerprint density at radius 3 is 2.53 bits per heavy atom. The van der Waals surface area contributed by atoms with Gasteiger partial charge in [0.05, 0.1) is 6.20 Å². The number of aromatic nitrogens is 1. The fourth-order valence-corrected chi connectivity index (χ4v) is 3.47. The van der Waals surface area contributed by atoms with Gasteiger partial charge in [-0.15, -0.1) is 0 Å². The number of nitrogens with one attached hydrogen (secondary N) is 1. The van der Waals surface area contributed by atoms with Crippen LogP contribution in [0.1, 0.15) is 70.2 Å². The van der Waals surface area contributed by atoms with Crippen molar-refractivity contribution < 1.29 is 18.8 Å². The first-order valence-electron chi connectivity index (χ1n) is 10.6. The molecule has 7 heteroatoms. The molecule has 30 heavy (non-hydrogen) atoms. The zero-order valence-corrected chi connectivity index (χ0v) is 17.4. The molecule has 1 aromatic heterocycles. The molecule has 0 aliphatic heterocycles. The first-order valence-corrected chi connectivity index (χ1v) is 10.6. The number of unbranched alkanes of at least 4 members (excludes halogenated alkanes) is 2. The molecule has 2 amide bonds. The molecule has 7 nitrogen and oxygen atoms in total. The van der Waals surface area contributed by atoms with Gasteiger partial charge in [-0.25, -0.2) is 4.98 Å². The standard InChI is InChI=1S/C23H29N3O4/c1-2-17(27)11-7-4-8-12-18(26-22(29)23(13-14-23)21(24)28)20-25-15-19(30-20)16-9-5-3-6-10-16/h3,5-6,9-10,15,18H,2,4,7-8,11-14H2,1H3,(H2,24,28)(H,26,29)/t18-/m0/s1. The Bertz CT molecular complexity index is 887. The number of ketones is 1. The molecule has 1 aromatic carbocycles. The first kappa shape index (κ1) is 21.7. The summed E-state index contributed by atoms with van der Waals surface area (Å²) in [7, 11) is 0. The van der Waals surface area contributed by atoms with E-state index < -0.39 is 17.4 Å². The summed E-state index contributed by atoms with van der Waals surface area (Å²) in [6.45, 7) is 1.87. The Morgan fingerprint density at radius 1 is 1.17 bits per heavy atom. The molecule has 3 N–H and O–H groups in total. The molecule has 0 unspecified atom stereocenters. The van der Waals surface area contributed by atoms with E-state index in [1.54, 1.807) is 6.20 Å². The molecule has 0 radical (unpaired) electrons. The predicted molar refractivity (Wildman–Crippen MR) is 112 cm³/mol. The fraction of sp³-hybridized carbons (Fsp3) is 0.478. The summed E-state index contributed by atoms with van der Waals surface area (Å²) in [5.74, 6) is 0.341. The van der Waals surface area contributed by atoms with E-state index in [2.05, 4.69) is 10.3 Å². The monoisotopic (exact) mass is 411 g/mol. The number of primary amides is 1. The van der Waals surface area contributed by atoms with E-state index in [9.17, 15) is 14.4 Å². The number of hydrogen-bond donors (Lipinski definition) is 2. The number of amides is 2. The third kappa shape index (κ3) is 5.14. The van der Waals surface area contributed by atoms with Crippen molar-refractivity contribution in [2.75, 3.05) is 0 Å². The van der Waals surface area contributed by atoms with E-state index in [0.717, 1.165) is 24.8 Å². The number of benzene rings is 1. The Balaban J connectivity index is 1.68. The van der Waals surface area contributed by atoms with Gasteiger partial charge in [-0.3, -0.25) is 14.4 Å². The highest BCUT2D eigenvalue weighted by atomic mass is 16.4. The average Bonchev–Trinajstić information content (AvgIpc) is 3.44. The summed E-state index contributed by atoms with van der Waals surface area (Å²) >= 11 is 0. The minimum Gasteiger partial charge on any atom is -0.438 e. The van der Waals surface area contributed by atoms with Gasteiger partial charge < -0.3 is 15.5 Å². The zero-order chi connectivity index (χ0) is 21.6. The van der Waals surface area contributed by atoms with Crippen molar-refractivity contribution in [3.8, 4) is 11.3 Å². The van der Waals surface area contributed by atoms with Crippen molar-refractivity contribution in [2.45, 2.75) is 64.3 Å². The number of nitrogens with two attached hydrogens (primary N) is 1. The van der Waals surface area contributed by atoms with E-state index >= 15 is 0 Å². The Kier molecular flexibility index (Phi) is 7.03. The third-order valence-corrected chi connectivity index (χ3v) is 5.68. The summed E-state index contributed by atoms with van der Waals surface area (Å²) in [5.41, 5.74) is 5.24. The lowest BCUT2D eigenvalue weighted by Crippen LogP contribution is -2.42. The summed E-state index contributed by atoms with van der Waals surface area (Å²) in [5, 5.41) is 2.93. The van der Waals surface area contributed by atoms with Crippen LogP contribution in [-0.2, 0) is 14.4 Å². The molecule has 3 rings (SSSR count). The van der Waals surface area contributed by atoms with Gasteiger partial charge in [-0.1, -0.05) is 50.1 Å². The number of rotatable bonds is 12. The van der Waals surface area contributed by atoms with E-state index in [-0.39, 0.29) is 11.7 Å². The van der Waals surface area contributed by atoms with Crippen molar-refractivity contribution >= 4 is 17.6 Å². The van der Waals surface area contributed by atoms with Crippen LogP contribution < -0.4 is 11.1 Å². The van der Waals surface area contributed by atoms with Gasteiger partial charge in [0.1, 0.15) is 17.2 Å². The third-order valence-electron chi connectivity index (χ3n) is 5.68. The maximum absolute atomic E-state index is 12.7. The zero-order valence-electron chi connectivity index (χ0n) is 17.4. The largest absolute Gasteiger partial charge is 0.438 e. The van der Waals surface area contributed by atoms with Crippen molar-refractivity contribution in [1.29, 1.82) is 0 Å². The van der Waals surface area contributed by atoms with Crippen LogP contribution >= 0.6 is 0 Å². The van der Waals surface area contributed by atoms with Gasteiger partial charge in [0.25, 0.3) is 0 Å². The lowest BCUT2D eigenvalue weighted by atomic mass is 10.0. The van der Waals surface area contributed by atoms with Crippen molar-refractivity contribution in [3.63, 3.8) is 0 Å². The van der Waals surface area contributed by atoms with Crippen LogP contribution in [0.5, 0.6) is 0 Å². The maximum Gasteiger partial charge on any atom is 0.236 e. The summed E-state index contributed by atoms with van der Waals surface area (Å²) in [6, 6.07) is 9.15. The van der Waals surface area contributed by atoms with Gasteiger partial charge in [0, 0.05) is 18.4 Å². The van der Waals surface area contributed by atoms with Gasteiger partial charge >= 0.3 is 0 Å². The summed E-state index contributed by atoms with van der Waals surface area (Å²) in [4.78, 5) is 40.3. The second-order valence-corrected chi connectivity index (χ2v) is 7.89. The smallest absolute Gasteiger partial charge is 0.236 e. The Labute approximate surface area is 176 Å². The highest BCUT2D eigenvalue weighted by molar-refractivity contribution is 6.07. The van der Waals surface area contributed by atoms with Crippen LogP contribution in [0, 0.1) is 5.41 Å². The summed E-state index contributed by atoms with van der Waals surface area (Å²) < 4.78 is 5.94. The van der Waals surface area contributed by atoms with Crippen molar-refractivity contribution in [3.05, 3.63) is 42.4 Å². The van der Waals surface area contributed by atoms with Gasteiger partial charge in [0.2, 0.25) is 17.7 Å². The topological polar surface area (TPSA) is 115 Å². The first-order chi connectivity index (χ1) is 14.5. The molecule has 1 saturated carbocycles. The number of carbonyl (C=O) groups excluding carboxylic acids is 3. The van der Waals surface area contributed by atoms with Gasteiger partial charge in [-0.05, 0) is 25.7 Å². The van der Waals surface area contributed by atoms with E-state index in [1.807, 2.05) is 37.3 Å². The van der Waals surface area contributed by atoms with E-state index in [4.69, 9.17) is 10.2 Å². The number of hydrogen-bond acceptors (Lipinski definition) is 5. The number of carbonyl (C=O) groups is 3. The molecule has 1 aliphatic carbocycles. The molecule has 160 valence electrons. The Hall–Kier alpha value is -2.96. The SMILES string of the molecule is CCC(=O)CCCCC[C@H](NC(=O)C1(C(N)=O)CC1)c1ncc(-c2ccccc2)o1. The van der Waals surface area contributed by atoms with Gasteiger partial charge in [0.15, 0.2) is 5.76 Å². The molecule has 1 atom stereocenters. The van der Waals surface area contributed by atoms with Crippen molar-refractivity contribution in [2.24, 2.45) is 11.1 Å². The van der Waals surface area contributed by atoms with Crippen LogP contribution in [-0.4, -0.2) is 22.6 Å². The highest BCUT2D eigenvalue weighted by Gasteiger charge is 2.55. The van der Waals surface area contributed by atoms with E-state index in [1.165, 1.54) is 0 Å². The quantitative estimate of drug-likeness (QED) is 0.408. The molecular formula is C23H29N3O4. The second kappa shape index (κ2) is 9.69. The molecule has 0 spiro atoms. The van der Waals surface area contributed by atoms with Crippen LogP contribution in [0.4, 0.5) is 0 Å². The molecule has 2 aromatic rings. The number of Topliss-reactive ketones (excluding diaryl/α,β-unsaturated/α-hetero) is 1. The highest BCUT2D eigenvalue weighted by Crippen LogP contribution is 2.46. The van der Waals surface area contributed by atoms with E-state index in [0.29, 0.717) is 43.8 Å². The lowest BCUT2D eigenvalue weighted by Gasteiger charge is -2.19. The fourth-order valence-electron chi connectivity index (χ4n) is 3.47. The van der Waals surface area contributed by atoms with Crippen molar-refractivity contribution in [1.82, 2.24) is 10.3 Å². The number of oxazole rings is 1. The van der Waals surface area contributed by atoms with Gasteiger partial charge in [-0.2, -0.15) is 0 Å².